The van der Waals surface area contributed by atoms with Gasteiger partial charge in [0.05, 0.1) is 8.07 Å². The average Bonchev–Trinajstić information content (AvgIpc) is 2.54. The molecule has 1 aliphatic heterocycles. The summed E-state index contributed by atoms with van der Waals surface area (Å²) in [6.07, 6.45) is 6.85. The Kier molecular flexibility index (Phi) is 6.65. The smallest absolute Gasteiger partial charge is 0.120 e. The summed E-state index contributed by atoms with van der Waals surface area (Å²) in [6.45, 7) is 0.882. The summed E-state index contributed by atoms with van der Waals surface area (Å²) < 4.78 is 5.20. The minimum atomic E-state index is -1.35. The number of benzene rings is 1. The van der Waals surface area contributed by atoms with Gasteiger partial charge in [0, 0.05) is 20.1 Å². The van der Waals surface area contributed by atoms with Crippen molar-refractivity contribution in [2.45, 2.75) is 50.2 Å². The number of carbonyl (C=O) groups excluding carboxylic acids is 1. The van der Waals surface area contributed by atoms with E-state index in [1.807, 2.05) is 0 Å². The van der Waals surface area contributed by atoms with E-state index >= 15 is 0 Å². The van der Waals surface area contributed by atoms with E-state index in [9.17, 15) is 4.79 Å². The molecule has 1 fully saturated rings. The van der Waals surface area contributed by atoms with Gasteiger partial charge in [0.1, 0.15) is 6.29 Å². The van der Waals surface area contributed by atoms with Gasteiger partial charge >= 0.3 is 0 Å². The third-order valence-electron chi connectivity index (χ3n) is 5.13. The van der Waals surface area contributed by atoms with Crippen molar-refractivity contribution in [1.82, 2.24) is 0 Å². The molecule has 21 heavy (non-hydrogen) atoms. The van der Waals surface area contributed by atoms with Crippen LogP contribution in [-0.2, 0) is 9.53 Å². The van der Waals surface area contributed by atoms with Crippen molar-refractivity contribution in [3.63, 3.8) is 0 Å². The number of unbranched alkanes of at least 4 members (excludes halogenated alkanes) is 1. The van der Waals surface area contributed by atoms with Crippen molar-refractivity contribution >= 4 is 19.5 Å². The Morgan fingerprint density at radius 3 is 2.52 bits per heavy atom. The highest BCUT2D eigenvalue weighted by Gasteiger charge is 2.38. The molecule has 1 heterocycles. The Morgan fingerprint density at radius 1 is 1.19 bits per heavy atom. The third kappa shape index (κ3) is 4.52. The summed E-state index contributed by atoms with van der Waals surface area (Å²) in [7, 11) is 0.436. The van der Waals surface area contributed by atoms with Crippen LogP contribution in [0.4, 0.5) is 0 Å². The first kappa shape index (κ1) is 16.4. The van der Waals surface area contributed by atoms with E-state index < -0.39 is 8.07 Å². The molecule has 0 amide bonds. The number of ether oxygens (including phenoxy) is 1. The predicted molar refractivity (Wildman–Crippen MR) is 90.8 cm³/mol. The molecule has 2 nitrogen and oxygen atoms in total. The van der Waals surface area contributed by atoms with Crippen LogP contribution >= 0.6 is 0 Å². The van der Waals surface area contributed by atoms with Crippen LogP contribution in [0.25, 0.3) is 0 Å². The summed E-state index contributed by atoms with van der Waals surface area (Å²) in [5.74, 6) is 0.644. The van der Waals surface area contributed by atoms with Crippen molar-refractivity contribution < 1.29 is 9.53 Å². The lowest BCUT2D eigenvalue weighted by atomic mass is 10.00. The van der Waals surface area contributed by atoms with Gasteiger partial charge in [-0.2, -0.15) is 0 Å². The monoisotopic (exact) mass is 304 g/mol. The van der Waals surface area contributed by atoms with Crippen molar-refractivity contribution in [3.05, 3.63) is 30.3 Å². The van der Waals surface area contributed by atoms with Crippen LogP contribution in [0.3, 0.4) is 0 Å². The average molecular weight is 305 g/mol. The van der Waals surface area contributed by atoms with Gasteiger partial charge in [-0.1, -0.05) is 72.9 Å². The second-order valence-corrected chi connectivity index (χ2v) is 11.1. The number of methoxy groups -OCH3 is 1. The largest absolute Gasteiger partial charge is 0.385 e. The van der Waals surface area contributed by atoms with Crippen LogP contribution in [0, 0.1) is 5.92 Å². The van der Waals surface area contributed by atoms with E-state index in [0.717, 1.165) is 19.3 Å². The maximum absolute atomic E-state index is 10.7. The molecule has 116 valence electrons. The molecule has 0 spiro atoms. The molecule has 1 aromatic rings. The third-order valence-corrected chi connectivity index (χ3v) is 10.5. The minimum Gasteiger partial charge on any atom is -0.385 e. The Morgan fingerprint density at radius 2 is 1.90 bits per heavy atom. The van der Waals surface area contributed by atoms with Gasteiger partial charge < -0.3 is 9.53 Å². The number of rotatable bonds is 8. The Bertz CT molecular complexity index is 410. The van der Waals surface area contributed by atoms with E-state index in [1.165, 1.54) is 43.8 Å². The lowest BCUT2D eigenvalue weighted by molar-refractivity contribution is -0.108. The van der Waals surface area contributed by atoms with Gasteiger partial charge in [-0.05, 0) is 12.3 Å². The first-order valence-electron chi connectivity index (χ1n) is 8.29. The fourth-order valence-electron chi connectivity index (χ4n) is 3.79. The van der Waals surface area contributed by atoms with E-state index in [-0.39, 0.29) is 0 Å². The highest BCUT2D eigenvalue weighted by molar-refractivity contribution is 6.92. The molecule has 0 radical (unpaired) electrons. The molecule has 0 aliphatic carbocycles. The zero-order chi connectivity index (χ0) is 15.0. The highest BCUT2D eigenvalue weighted by Crippen LogP contribution is 2.37. The van der Waals surface area contributed by atoms with E-state index in [1.54, 1.807) is 12.3 Å². The van der Waals surface area contributed by atoms with Crippen LogP contribution in [0.15, 0.2) is 30.3 Å². The lowest BCUT2D eigenvalue weighted by Crippen LogP contribution is -2.50. The van der Waals surface area contributed by atoms with E-state index in [4.69, 9.17) is 4.74 Å². The molecule has 0 N–H and O–H groups in total. The summed E-state index contributed by atoms with van der Waals surface area (Å²) in [6, 6.07) is 15.3. The Labute approximate surface area is 129 Å². The number of hydrogen-bond donors (Lipinski definition) is 0. The fourth-order valence-corrected chi connectivity index (χ4v) is 9.15. The molecule has 1 aliphatic rings. The van der Waals surface area contributed by atoms with Crippen molar-refractivity contribution in [1.29, 1.82) is 0 Å². The standard InChI is InChI=1S/C18H28O2Si/c1-20-13-5-6-14-21(18-7-3-2-4-8-18)15-10-17(9-12-19)11-16-21/h2-4,7-8,12,17H,5-6,9-11,13-16H2,1H3. The molecular formula is C18H28O2Si. The van der Waals surface area contributed by atoms with Gasteiger partial charge in [-0.25, -0.2) is 0 Å². The van der Waals surface area contributed by atoms with Crippen LogP contribution in [0.2, 0.25) is 18.1 Å². The van der Waals surface area contributed by atoms with Crippen molar-refractivity contribution in [3.8, 4) is 0 Å². The number of carbonyl (C=O) groups is 1. The fraction of sp³-hybridized carbons (Fsp3) is 0.611. The Hall–Kier alpha value is -0.933. The van der Waals surface area contributed by atoms with Crippen molar-refractivity contribution in [2.75, 3.05) is 13.7 Å². The molecule has 1 saturated heterocycles. The second-order valence-electron chi connectivity index (χ2n) is 6.44. The van der Waals surface area contributed by atoms with E-state index in [0.29, 0.717) is 5.92 Å². The normalized spacial score (nSPS) is 25.7. The number of aldehydes is 1. The quantitative estimate of drug-likeness (QED) is 0.415. The SMILES string of the molecule is COCCCC[Si]1(c2ccccc2)CCC(CC=O)CC1. The van der Waals surface area contributed by atoms with Gasteiger partial charge in [0.25, 0.3) is 0 Å². The first-order chi connectivity index (χ1) is 10.3. The van der Waals surface area contributed by atoms with Crippen molar-refractivity contribution in [2.24, 2.45) is 5.92 Å². The molecule has 0 aromatic heterocycles. The lowest BCUT2D eigenvalue weighted by Gasteiger charge is -2.39. The van der Waals surface area contributed by atoms with Gasteiger partial charge in [0.2, 0.25) is 0 Å². The molecule has 0 atom stereocenters. The molecule has 1 aromatic carbocycles. The van der Waals surface area contributed by atoms with Crippen LogP contribution in [-0.4, -0.2) is 28.1 Å². The number of hydrogen-bond acceptors (Lipinski definition) is 2. The van der Waals surface area contributed by atoms with Gasteiger partial charge in [-0.15, -0.1) is 0 Å². The molecule has 0 unspecified atom stereocenters. The molecule has 0 saturated carbocycles. The molecule has 3 heteroatoms. The maximum atomic E-state index is 10.7. The summed E-state index contributed by atoms with van der Waals surface area (Å²) in [5, 5.41) is 1.63. The topological polar surface area (TPSA) is 26.3 Å². The summed E-state index contributed by atoms with van der Waals surface area (Å²) in [5.41, 5.74) is 0. The summed E-state index contributed by atoms with van der Waals surface area (Å²) in [4.78, 5) is 10.7. The molecular weight excluding hydrogens is 276 g/mol. The molecule has 2 rings (SSSR count). The zero-order valence-corrected chi connectivity index (χ0v) is 14.2. The van der Waals surface area contributed by atoms with E-state index in [2.05, 4.69) is 30.3 Å². The predicted octanol–water partition coefficient (Wildman–Crippen LogP) is 3.77. The molecule has 0 bridgehead atoms. The van der Waals surface area contributed by atoms with Crippen LogP contribution in [0.5, 0.6) is 0 Å². The van der Waals surface area contributed by atoms with Gasteiger partial charge in [-0.3, -0.25) is 0 Å². The Balaban J connectivity index is 2.03. The first-order valence-corrected chi connectivity index (χ1v) is 10.9. The highest BCUT2D eigenvalue weighted by atomic mass is 28.3. The minimum absolute atomic E-state index is 0.644. The van der Waals surface area contributed by atoms with Gasteiger partial charge in [0.15, 0.2) is 0 Å². The summed E-state index contributed by atoms with van der Waals surface area (Å²) >= 11 is 0. The zero-order valence-electron chi connectivity index (χ0n) is 13.2. The van der Waals surface area contributed by atoms with Crippen LogP contribution in [0.1, 0.15) is 32.1 Å². The maximum Gasteiger partial charge on any atom is 0.120 e. The second kappa shape index (κ2) is 8.50. The van der Waals surface area contributed by atoms with Crippen LogP contribution < -0.4 is 5.19 Å².